The van der Waals surface area contributed by atoms with Crippen LogP contribution in [0.3, 0.4) is 0 Å². The lowest BCUT2D eigenvalue weighted by atomic mass is 9.98. The number of esters is 1. The van der Waals surface area contributed by atoms with Gasteiger partial charge in [-0.1, -0.05) is 36.4 Å². The second kappa shape index (κ2) is 9.85. The van der Waals surface area contributed by atoms with Crippen molar-refractivity contribution < 1.29 is 19.1 Å². The van der Waals surface area contributed by atoms with Crippen molar-refractivity contribution in [3.8, 4) is 0 Å². The van der Waals surface area contributed by atoms with Gasteiger partial charge in [0.05, 0.1) is 12.7 Å². The summed E-state index contributed by atoms with van der Waals surface area (Å²) in [5, 5.41) is 2.91. The number of carbonyl (C=O) groups is 3. The quantitative estimate of drug-likeness (QED) is 0.577. The maximum atomic E-state index is 13.4. The first-order chi connectivity index (χ1) is 15.5. The van der Waals surface area contributed by atoms with E-state index in [-0.39, 0.29) is 24.3 Å². The fourth-order valence-electron chi connectivity index (χ4n) is 4.52. The Bertz CT molecular complexity index is 998. The molecule has 2 aliphatic rings. The van der Waals surface area contributed by atoms with Crippen molar-refractivity contribution in [1.82, 2.24) is 10.2 Å². The van der Waals surface area contributed by atoms with Crippen LogP contribution in [-0.4, -0.2) is 55.5 Å². The summed E-state index contributed by atoms with van der Waals surface area (Å²) in [6.45, 7) is 2.82. The summed E-state index contributed by atoms with van der Waals surface area (Å²) in [6.07, 6.45) is 2.13. The van der Waals surface area contributed by atoms with E-state index in [1.165, 1.54) is 18.2 Å². The second-order valence-corrected chi connectivity index (χ2v) is 8.34. The van der Waals surface area contributed by atoms with Crippen molar-refractivity contribution in [2.24, 2.45) is 0 Å². The van der Waals surface area contributed by atoms with Gasteiger partial charge in [-0.3, -0.25) is 14.4 Å². The Morgan fingerprint density at radius 1 is 0.969 bits per heavy atom. The lowest BCUT2D eigenvalue weighted by Crippen LogP contribution is -2.45. The second-order valence-electron chi connectivity index (χ2n) is 8.34. The number of fused-ring (bicyclic) bond motifs is 1. The molecule has 0 aromatic heterocycles. The van der Waals surface area contributed by atoms with Crippen LogP contribution in [0.4, 0.5) is 5.69 Å². The molecule has 7 heteroatoms. The van der Waals surface area contributed by atoms with Gasteiger partial charge < -0.3 is 19.9 Å². The molecule has 0 radical (unpaired) electrons. The van der Waals surface area contributed by atoms with Gasteiger partial charge in [-0.25, -0.2) is 0 Å². The highest BCUT2D eigenvalue weighted by atomic mass is 16.5. The number of hydrogen-bond acceptors (Lipinski definition) is 5. The van der Waals surface area contributed by atoms with Crippen LogP contribution in [0, 0.1) is 0 Å². The lowest BCUT2D eigenvalue weighted by molar-refractivity contribution is -0.144. The monoisotopic (exact) mass is 435 g/mol. The zero-order chi connectivity index (χ0) is 22.5. The smallest absolute Gasteiger partial charge is 0.315 e. The number of carbonyl (C=O) groups excluding carboxylic acids is 3. The van der Waals surface area contributed by atoms with Gasteiger partial charge in [0.2, 0.25) is 5.91 Å². The molecule has 32 heavy (non-hydrogen) atoms. The average molecular weight is 436 g/mol. The third-order valence-electron chi connectivity index (χ3n) is 6.29. The number of amides is 2. The number of para-hydroxylation sites is 1. The SMILES string of the molecule is COC(=O)CC(=O)NC1CCN(c2ccccc2C(=O)N2CCc3ccccc3C2)CC1. The first-order valence-electron chi connectivity index (χ1n) is 11.1. The first-order valence-corrected chi connectivity index (χ1v) is 11.1. The van der Waals surface area contributed by atoms with E-state index in [1.807, 2.05) is 41.3 Å². The Balaban J connectivity index is 1.40. The molecule has 2 amide bonds. The van der Waals surface area contributed by atoms with Crippen molar-refractivity contribution in [3.63, 3.8) is 0 Å². The Morgan fingerprint density at radius 2 is 1.66 bits per heavy atom. The summed E-state index contributed by atoms with van der Waals surface area (Å²) in [4.78, 5) is 40.8. The zero-order valence-electron chi connectivity index (χ0n) is 18.4. The number of hydrogen-bond donors (Lipinski definition) is 1. The van der Waals surface area contributed by atoms with Gasteiger partial charge in [0, 0.05) is 37.9 Å². The largest absolute Gasteiger partial charge is 0.469 e. The van der Waals surface area contributed by atoms with Gasteiger partial charge in [0.25, 0.3) is 5.91 Å². The van der Waals surface area contributed by atoms with E-state index < -0.39 is 5.97 Å². The third-order valence-corrected chi connectivity index (χ3v) is 6.29. The molecule has 4 rings (SSSR count). The van der Waals surface area contributed by atoms with Crippen molar-refractivity contribution in [3.05, 3.63) is 65.2 Å². The van der Waals surface area contributed by atoms with E-state index in [2.05, 4.69) is 27.1 Å². The fraction of sp³-hybridized carbons (Fsp3) is 0.400. The highest BCUT2D eigenvalue weighted by Gasteiger charge is 2.27. The van der Waals surface area contributed by atoms with Crippen LogP contribution in [0.1, 0.15) is 40.7 Å². The molecule has 0 saturated carbocycles. The minimum Gasteiger partial charge on any atom is -0.469 e. The van der Waals surface area contributed by atoms with Crippen LogP contribution in [0.15, 0.2) is 48.5 Å². The van der Waals surface area contributed by atoms with Crippen molar-refractivity contribution >= 4 is 23.5 Å². The number of anilines is 1. The maximum Gasteiger partial charge on any atom is 0.315 e. The predicted molar refractivity (Wildman–Crippen MR) is 121 cm³/mol. The Kier molecular flexibility index (Phi) is 6.73. The molecule has 168 valence electrons. The molecule has 0 spiro atoms. The van der Waals surface area contributed by atoms with Crippen LogP contribution in [0.5, 0.6) is 0 Å². The zero-order valence-corrected chi connectivity index (χ0v) is 18.4. The number of methoxy groups -OCH3 is 1. The van der Waals surface area contributed by atoms with Crippen molar-refractivity contribution in [2.45, 2.75) is 38.3 Å². The molecular weight excluding hydrogens is 406 g/mol. The Labute approximate surface area is 188 Å². The normalized spacial score (nSPS) is 16.3. The molecule has 2 aromatic carbocycles. The van der Waals surface area contributed by atoms with E-state index in [9.17, 15) is 14.4 Å². The molecular formula is C25H29N3O4. The molecule has 0 atom stereocenters. The number of nitrogens with zero attached hydrogens (tertiary/aromatic N) is 2. The highest BCUT2D eigenvalue weighted by molar-refractivity contribution is 6.00. The summed E-state index contributed by atoms with van der Waals surface area (Å²) < 4.78 is 4.55. The molecule has 1 saturated heterocycles. The number of piperidine rings is 1. The average Bonchev–Trinajstić information content (AvgIpc) is 2.83. The highest BCUT2D eigenvalue weighted by Crippen LogP contribution is 2.27. The summed E-state index contributed by atoms with van der Waals surface area (Å²) in [5.74, 6) is -0.785. The summed E-state index contributed by atoms with van der Waals surface area (Å²) >= 11 is 0. The fourth-order valence-corrected chi connectivity index (χ4v) is 4.52. The van der Waals surface area contributed by atoms with E-state index in [1.54, 1.807) is 0 Å². The summed E-state index contributed by atoms with van der Waals surface area (Å²) in [7, 11) is 1.27. The molecule has 2 heterocycles. The minimum absolute atomic E-state index is 0.0184. The first kappa shape index (κ1) is 21.9. The summed E-state index contributed by atoms with van der Waals surface area (Å²) in [5.41, 5.74) is 4.20. The lowest BCUT2D eigenvalue weighted by Gasteiger charge is -2.36. The molecule has 2 aliphatic heterocycles. The molecule has 0 aliphatic carbocycles. The van der Waals surface area contributed by atoms with Crippen LogP contribution in [0.25, 0.3) is 0 Å². The number of ether oxygens (including phenoxy) is 1. The third kappa shape index (κ3) is 4.93. The molecule has 1 fully saturated rings. The summed E-state index contributed by atoms with van der Waals surface area (Å²) in [6, 6.07) is 16.1. The Hall–Kier alpha value is -3.35. The van der Waals surface area contributed by atoms with Crippen LogP contribution >= 0.6 is 0 Å². The van der Waals surface area contributed by atoms with E-state index in [0.29, 0.717) is 6.54 Å². The van der Waals surface area contributed by atoms with Crippen molar-refractivity contribution in [1.29, 1.82) is 0 Å². The van der Waals surface area contributed by atoms with E-state index in [4.69, 9.17) is 0 Å². The number of rotatable bonds is 5. The molecule has 0 bridgehead atoms. The van der Waals surface area contributed by atoms with E-state index >= 15 is 0 Å². The predicted octanol–water partition coefficient (Wildman–Crippen LogP) is 2.53. The minimum atomic E-state index is -0.535. The van der Waals surface area contributed by atoms with Crippen LogP contribution in [0.2, 0.25) is 0 Å². The van der Waals surface area contributed by atoms with Gasteiger partial charge in [0.1, 0.15) is 6.42 Å². The topological polar surface area (TPSA) is 79.0 Å². The maximum absolute atomic E-state index is 13.4. The standard InChI is InChI=1S/C25H29N3O4/c1-32-24(30)16-23(29)26-20-11-14-27(15-12-20)22-9-5-4-8-21(22)25(31)28-13-10-18-6-2-3-7-19(18)17-28/h2-9,20H,10-17H2,1H3,(H,26,29). The van der Waals surface area contributed by atoms with Gasteiger partial charge in [0.15, 0.2) is 0 Å². The molecule has 2 aromatic rings. The van der Waals surface area contributed by atoms with Gasteiger partial charge >= 0.3 is 5.97 Å². The van der Waals surface area contributed by atoms with Gasteiger partial charge in [-0.15, -0.1) is 0 Å². The Morgan fingerprint density at radius 3 is 2.41 bits per heavy atom. The van der Waals surface area contributed by atoms with Crippen LogP contribution < -0.4 is 10.2 Å². The van der Waals surface area contributed by atoms with Crippen LogP contribution in [-0.2, 0) is 27.3 Å². The molecule has 1 N–H and O–H groups in total. The van der Waals surface area contributed by atoms with Crippen molar-refractivity contribution in [2.75, 3.05) is 31.6 Å². The number of benzene rings is 2. The molecule has 7 nitrogen and oxygen atoms in total. The number of nitrogens with one attached hydrogen (secondary N) is 1. The van der Waals surface area contributed by atoms with E-state index in [0.717, 1.165) is 50.1 Å². The molecule has 0 unspecified atom stereocenters. The van der Waals surface area contributed by atoms with Gasteiger partial charge in [-0.05, 0) is 42.5 Å². The van der Waals surface area contributed by atoms with Gasteiger partial charge in [-0.2, -0.15) is 0 Å².